The van der Waals surface area contributed by atoms with Gasteiger partial charge in [-0.2, -0.15) is 4.31 Å². The summed E-state index contributed by atoms with van der Waals surface area (Å²) in [5.74, 6) is 2.33. The van der Waals surface area contributed by atoms with Crippen LogP contribution in [0.25, 0.3) is 10.8 Å². The van der Waals surface area contributed by atoms with E-state index in [1.165, 1.54) is 4.31 Å². The van der Waals surface area contributed by atoms with Gasteiger partial charge in [0.25, 0.3) is 0 Å². The Bertz CT molecular complexity index is 1440. The van der Waals surface area contributed by atoms with Crippen molar-refractivity contribution >= 4 is 20.8 Å². The first-order chi connectivity index (χ1) is 18.4. The van der Waals surface area contributed by atoms with Crippen molar-refractivity contribution in [3.8, 4) is 23.0 Å². The van der Waals surface area contributed by atoms with Crippen LogP contribution in [-0.4, -0.2) is 46.9 Å². The Labute approximate surface area is 224 Å². The van der Waals surface area contributed by atoms with Crippen LogP contribution in [0.1, 0.15) is 16.7 Å². The van der Waals surface area contributed by atoms with E-state index in [0.717, 1.165) is 27.5 Å². The molecule has 200 valence electrons. The number of rotatable bonds is 12. The van der Waals surface area contributed by atoms with Crippen molar-refractivity contribution in [2.45, 2.75) is 19.5 Å². The highest BCUT2D eigenvalue weighted by atomic mass is 32.2. The summed E-state index contributed by atoms with van der Waals surface area (Å²) in [5.41, 5.74) is 2.46. The first-order valence-electron chi connectivity index (χ1n) is 12.2. The number of benzene rings is 4. The predicted octanol–water partition coefficient (Wildman–Crippen LogP) is 5.45. The molecule has 0 fully saturated rings. The Hall–Kier alpha value is -3.75. The summed E-state index contributed by atoms with van der Waals surface area (Å²) in [6.45, 7) is 0.250. The van der Waals surface area contributed by atoms with Crippen LogP contribution in [0.15, 0.2) is 78.9 Å². The smallest absolute Gasteiger partial charge is 0.215 e. The lowest BCUT2D eigenvalue weighted by molar-refractivity contribution is 0.358. The Morgan fingerprint density at radius 2 is 1.18 bits per heavy atom. The molecule has 38 heavy (non-hydrogen) atoms. The van der Waals surface area contributed by atoms with E-state index in [0.29, 0.717) is 29.4 Å². The molecule has 0 heterocycles. The third-order valence-corrected chi connectivity index (χ3v) is 8.35. The molecule has 8 heteroatoms. The normalized spacial score (nSPS) is 11.5. The van der Waals surface area contributed by atoms with Crippen LogP contribution < -0.4 is 18.9 Å². The number of nitrogens with zero attached hydrogens (tertiary/aromatic N) is 1. The molecule has 0 unspecified atom stereocenters. The second kappa shape index (κ2) is 12.2. The SMILES string of the molecule is COc1ccc(CN(Cc2ccc(OC)cc2OC)S(=O)(=O)CCc2cccc3ccccc23)c(OC)c1. The van der Waals surface area contributed by atoms with Gasteiger partial charge in [-0.15, -0.1) is 0 Å². The molecule has 0 aromatic heterocycles. The topological polar surface area (TPSA) is 74.3 Å². The first kappa shape index (κ1) is 27.3. The van der Waals surface area contributed by atoms with E-state index in [2.05, 4.69) is 0 Å². The zero-order chi connectivity index (χ0) is 27.1. The van der Waals surface area contributed by atoms with Crippen molar-refractivity contribution in [1.82, 2.24) is 4.31 Å². The maximum Gasteiger partial charge on any atom is 0.215 e. The molecule has 0 radical (unpaired) electrons. The van der Waals surface area contributed by atoms with Gasteiger partial charge in [0.2, 0.25) is 10.0 Å². The molecule has 0 saturated carbocycles. The Balaban J connectivity index is 1.67. The summed E-state index contributed by atoms with van der Waals surface area (Å²) in [4.78, 5) is 0. The van der Waals surface area contributed by atoms with Crippen molar-refractivity contribution in [3.63, 3.8) is 0 Å². The van der Waals surface area contributed by atoms with Gasteiger partial charge in [0.15, 0.2) is 0 Å². The third kappa shape index (κ3) is 6.20. The van der Waals surface area contributed by atoms with Crippen LogP contribution in [0.4, 0.5) is 0 Å². The highest BCUT2D eigenvalue weighted by Gasteiger charge is 2.26. The summed E-state index contributed by atoms with van der Waals surface area (Å²) in [5, 5.41) is 2.15. The standard InChI is InChI=1S/C30H33NO6S/c1-34-26-14-12-24(29(18-26)36-3)20-31(21-25-13-15-27(35-2)19-30(25)37-4)38(32,33)17-16-23-10-7-9-22-8-5-6-11-28(22)23/h5-15,18-19H,16-17,20-21H2,1-4H3. The van der Waals surface area contributed by atoms with E-state index in [1.807, 2.05) is 54.6 Å². The number of hydrogen-bond donors (Lipinski definition) is 0. The molecule has 0 spiro atoms. The maximum atomic E-state index is 13.9. The van der Waals surface area contributed by atoms with Crippen LogP contribution in [0, 0.1) is 0 Å². The van der Waals surface area contributed by atoms with Gasteiger partial charge in [-0.1, -0.05) is 54.6 Å². The lowest BCUT2D eigenvalue weighted by Crippen LogP contribution is -2.33. The van der Waals surface area contributed by atoms with Gasteiger partial charge in [-0.05, 0) is 34.9 Å². The average molecular weight is 536 g/mol. The van der Waals surface area contributed by atoms with Gasteiger partial charge in [-0.25, -0.2) is 8.42 Å². The van der Waals surface area contributed by atoms with E-state index in [-0.39, 0.29) is 18.8 Å². The highest BCUT2D eigenvalue weighted by Crippen LogP contribution is 2.31. The summed E-state index contributed by atoms with van der Waals surface area (Å²) in [6.07, 6.45) is 0.389. The monoisotopic (exact) mass is 535 g/mol. The second-order valence-electron chi connectivity index (χ2n) is 8.83. The van der Waals surface area contributed by atoms with E-state index >= 15 is 0 Å². The maximum absolute atomic E-state index is 13.9. The van der Waals surface area contributed by atoms with Crippen molar-refractivity contribution in [3.05, 3.63) is 95.6 Å². The van der Waals surface area contributed by atoms with Gasteiger partial charge < -0.3 is 18.9 Å². The minimum absolute atomic E-state index is 0.0437. The van der Waals surface area contributed by atoms with Gasteiger partial charge in [-0.3, -0.25) is 0 Å². The molecule has 4 aromatic rings. The minimum atomic E-state index is -3.71. The lowest BCUT2D eigenvalue weighted by Gasteiger charge is -2.25. The van der Waals surface area contributed by atoms with Gasteiger partial charge in [0.1, 0.15) is 23.0 Å². The van der Waals surface area contributed by atoms with E-state index in [1.54, 1.807) is 52.7 Å². The fourth-order valence-electron chi connectivity index (χ4n) is 4.48. The number of sulfonamides is 1. The molecule has 0 N–H and O–H groups in total. The largest absolute Gasteiger partial charge is 0.497 e. The van der Waals surface area contributed by atoms with Crippen molar-refractivity contribution < 1.29 is 27.4 Å². The fourth-order valence-corrected chi connectivity index (χ4v) is 5.88. The van der Waals surface area contributed by atoms with Crippen LogP contribution in [0.3, 0.4) is 0 Å². The van der Waals surface area contributed by atoms with Crippen LogP contribution in [0.5, 0.6) is 23.0 Å². The molecule has 0 atom stereocenters. The van der Waals surface area contributed by atoms with E-state index in [4.69, 9.17) is 18.9 Å². The Kier molecular flexibility index (Phi) is 8.76. The van der Waals surface area contributed by atoms with Crippen LogP contribution >= 0.6 is 0 Å². The Morgan fingerprint density at radius 3 is 1.74 bits per heavy atom. The fraction of sp³-hybridized carbons (Fsp3) is 0.267. The quantitative estimate of drug-likeness (QED) is 0.240. The molecule has 4 aromatic carbocycles. The molecule has 0 aliphatic carbocycles. The molecular weight excluding hydrogens is 502 g/mol. The summed E-state index contributed by atoms with van der Waals surface area (Å²) in [7, 11) is 2.57. The predicted molar refractivity (Wildman–Crippen MR) is 150 cm³/mol. The van der Waals surface area contributed by atoms with Crippen molar-refractivity contribution in [1.29, 1.82) is 0 Å². The van der Waals surface area contributed by atoms with E-state index < -0.39 is 10.0 Å². The molecular formula is C30H33NO6S. The van der Waals surface area contributed by atoms with Gasteiger partial charge in [0.05, 0.1) is 34.2 Å². The van der Waals surface area contributed by atoms with Crippen molar-refractivity contribution in [2.75, 3.05) is 34.2 Å². The zero-order valence-electron chi connectivity index (χ0n) is 22.1. The number of methoxy groups -OCH3 is 4. The van der Waals surface area contributed by atoms with Crippen molar-refractivity contribution in [2.24, 2.45) is 0 Å². The highest BCUT2D eigenvalue weighted by molar-refractivity contribution is 7.89. The second-order valence-corrected chi connectivity index (χ2v) is 10.9. The third-order valence-electron chi connectivity index (χ3n) is 6.58. The zero-order valence-corrected chi connectivity index (χ0v) is 23.0. The minimum Gasteiger partial charge on any atom is -0.497 e. The molecule has 0 aliphatic rings. The number of aryl methyl sites for hydroxylation is 1. The molecule has 0 saturated heterocycles. The molecule has 4 rings (SSSR count). The van der Waals surface area contributed by atoms with Crippen LogP contribution in [0.2, 0.25) is 0 Å². The Morgan fingerprint density at radius 1 is 0.632 bits per heavy atom. The number of ether oxygens (including phenoxy) is 4. The van der Waals surface area contributed by atoms with E-state index in [9.17, 15) is 8.42 Å². The first-order valence-corrected chi connectivity index (χ1v) is 13.9. The molecule has 0 aliphatic heterocycles. The van der Waals surface area contributed by atoms with Crippen LogP contribution in [-0.2, 0) is 29.5 Å². The lowest BCUT2D eigenvalue weighted by atomic mass is 10.0. The average Bonchev–Trinajstić information content (AvgIpc) is 2.95. The van der Waals surface area contributed by atoms with Gasteiger partial charge >= 0.3 is 0 Å². The number of fused-ring (bicyclic) bond motifs is 1. The number of hydrogen-bond acceptors (Lipinski definition) is 6. The summed E-state index contributed by atoms with van der Waals surface area (Å²) >= 11 is 0. The summed E-state index contributed by atoms with van der Waals surface area (Å²) < 4.78 is 51.0. The van der Waals surface area contributed by atoms with Gasteiger partial charge in [0, 0.05) is 36.3 Å². The molecule has 0 bridgehead atoms. The molecule has 7 nitrogen and oxygen atoms in total. The summed E-state index contributed by atoms with van der Waals surface area (Å²) in [6, 6.07) is 24.8. The molecule has 0 amide bonds.